The number of hydrogen-bond donors (Lipinski definition) is 1. The number of thioether (sulfide) groups is 1. The van der Waals surface area contributed by atoms with E-state index in [0.717, 1.165) is 36.6 Å². The molecule has 0 aliphatic carbocycles. The van der Waals surface area contributed by atoms with E-state index < -0.39 is 0 Å². The summed E-state index contributed by atoms with van der Waals surface area (Å²) in [7, 11) is 0. The Kier molecular flexibility index (Phi) is 6.39. The minimum absolute atomic E-state index is 0.189. The number of carbonyl (C=O) groups excluding carboxylic acids is 1. The van der Waals surface area contributed by atoms with Crippen LogP contribution < -0.4 is 4.74 Å². The lowest BCUT2D eigenvalue weighted by Gasteiger charge is -2.16. The third-order valence-corrected chi connectivity index (χ3v) is 4.67. The first kappa shape index (κ1) is 16.2. The zero-order valence-electron chi connectivity index (χ0n) is 12.5. The maximum absolute atomic E-state index is 12.2. The van der Waals surface area contributed by atoms with Gasteiger partial charge < -0.3 is 14.7 Å². The average molecular weight is 309 g/mol. The topological polar surface area (TPSA) is 49.8 Å². The number of aliphatic hydroxyl groups is 1. The second kappa shape index (κ2) is 8.29. The summed E-state index contributed by atoms with van der Waals surface area (Å²) in [6.07, 6.45) is 1.82. The van der Waals surface area contributed by atoms with E-state index in [9.17, 15) is 4.79 Å². The van der Waals surface area contributed by atoms with E-state index in [0.29, 0.717) is 18.3 Å². The van der Waals surface area contributed by atoms with Crippen LogP contribution in [0, 0.1) is 5.92 Å². The van der Waals surface area contributed by atoms with Gasteiger partial charge in [0.15, 0.2) is 0 Å². The Morgan fingerprint density at radius 1 is 1.43 bits per heavy atom. The van der Waals surface area contributed by atoms with Crippen molar-refractivity contribution in [1.29, 1.82) is 0 Å². The van der Waals surface area contributed by atoms with Crippen LogP contribution in [0.4, 0.5) is 0 Å². The lowest BCUT2D eigenvalue weighted by atomic mass is 10.1. The van der Waals surface area contributed by atoms with Crippen molar-refractivity contribution in [3.05, 3.63) is 24.3 Å². The molecule has 21 heavy (non-hydrogen) atoms. The molecule has 1 unspecified atom stereocenters. The fraction of sp³-hybridized carbons (Fsp3) is 0.562. The summed E-state index contributed by atoms with van der Waals surface area (Å²) in [5.41, 5.74) is 0. The molecule has 116 valence electrons. The molecule has 0 saturated carbocycles. The molecule has 1 amide bonds. The molecule has 1 N–H and O–H groups in total. The second-order valence-electron chi connectivity index (χ2n) is 5.20. The first-order valence-electron chi connectivity index (χ1n) is 7.47. The van der Waals surface area contributed by atoms with Crippen molar-refractivity contribution in [2.45, 2.75) is 24.7 Å². The molecule has 0 bridgehead atoms. The Morgan fingerprint density at radius 3 is 2.86 bits per heavy atom. The molecular weight excluding hydrogens is 286 g/mol. The number of benzene rings is 1. The number of hydrogen-bond acceptors (Lipinski definition) is 4. The minimum atomic E-state index is 0.189. The van der Waals surface area contributed by atoms with Crippen LogP contribution in [-0.4, -0.2) is 48.0 Å². The summed E-state index contributed by atoms with van der Waals surface area (Å²) >= 11 is 1.56. The predicted molar refractivity (Wildman–Crippen MR) is 84.7 cm³/mol. The molecule has 1 atom stereocenters. The SMILES string of the molecule is CCOc1ccc(SCC(=O)N2CCC(CCO)C2)cc1. The second-order valence-corrected chi connectivity index (χ2v) is 6.25. The molecule has 4 nitrogen and oxygen atoms in total. The van der Waals surface area contributed by atoms with Crippen molar-refractivity contribution in [1.82, 2.24) is 4.90 Å². The highest BCUT2D eigenvalue weighted by atomic mass is 32.2. The van der Waals surface area contributed by atoms with Crippen LogP contribution in [0.1, 0.15) is 19.8 Å². The van der Waals surface area contributed by atoms with Crippen molar-refractivity contribution in [3.63, 3.8) is 0 Å². The van der Waals surface area contributed by atoms with E-state index >= 15 is 0 Å². The molecule has 0 aromatic heterocycles. The number of carbonyl (C=O) groups is 1. The van der Waals surface area contributed by atoms with E-state index in [1.54, 1.807) is 11.8 Å². The summed E-state index contributed by atoms with van der Waals surface area (Å²) in [4.78, 5) is 15.2. The molecular formula is C16H23NO3S. The first-order valence-corrected chi connectivity index (χ1v) is 8.45. The van der Waals surface area contributed by atoms with Gasteiger partial charge in [-0.15, -0.1) is 11.8 Å². The van der Waals surface area contributed by atoms with Crippen molar-refractivity contribution in [2.75, 3.05) is 32.1 Å². The Labute approximate surface area is 130 Å². The van der Waals surface area contributed by atoms with E-state index in [-0.39, 0.29) is 12.5 Å². The lowest BCUT2D eigenvalue weighted by Crippen LogP contribution is -2.30. The largest absolute Gasteiger partial charge is 0.494 e. The number of rotatable bonds is 7. The van der Waals surface area contributed by atoms with Gasteiger partial charge in [-0.1, -0.05) is 0 Å². The van der Waals surface area contributed by atoms with E-state index in [1.165, 1.54) is 0 Å². The number of likely N-dealkylation sites (tertiary alicyclic amines) is 1. The van der Waals surface area contributed by atoms with Gasteiger partial charge in [-0.3, -0.25) is 4.79 Å². The Balaban J connectivity index is 1.76. The fourth-order valence-corrected chi connectivity index (χ4v) is 3.31. The molecule has 1 aliphatic heterocycles. The molecule has 1 saturated heterocycles. The quantitative estimate of drug-likeness (QED) is 0.786. The van der Waals surface area contributed by atoms with Gasteiger partial charge in [-0.25, -0.2) is 0 Å². The van der Waals surface area contributed by atoms with E-state index in [1.807, 2.05) is 36.1 Å². The summed E-state index contributed by atoms with van der Waals surface area (Å²) in [6, 6.07) is 7.84. The number of aliphatic hydroxyl groups excluding tert-OH is 1. The molecule has 1 aliphatic rings. The zero-order chi connectivity index (χ0) is 15.1. The number of nitrogens with zero attached hydrogens (tertiary/aromatic N) is 1. The highest BCUT2D eigenvalue weighted by Crippen LogP contribution is 2.24. The number of amides is 1. The Morgan fingerprint density at radius 2 is 2.19 bits per heavy atom. The van der Waals surface area contributed by atoms with Gasteiger partial charge in [-0.2, -0.15) is 0 Å². The van der Waals surface area contributed by atoms with Crippen molar-refractivity contribution in [2.24, 2.45) is 5.92 Å². The van der Waals surface area contributed by atoms with Crippen LogP contribution >= 0.6 is 11.8 Å². The summed E-state index contributed by atoms with van der Waals surface area (Å²) < 4.78 is 5.40. The third-order valence-electron chi connectivity index (χ3n) is 3.67. The average Bonchev–Trinajstić information content (AvgIpc) is 2.96. The predicted octanol–water partition coefficient (Wildman–Crippen LogP) is 2.41. The van der Waals surface area contributed by atoms with Gasteiger partial charge in [0, 0.05) is 24.6 Å². The van der Waals surface area contributed by atoms with Crippen LogP contribution in [0.5, 0.6) is 5.75 Å². The Bertz CT molecular complexity index is 449. The fourth-order valence-electron chi connectivity index (χ4n) is 2.51. The minimum Gasteiger partial charge on any atom is -0.494 e. The van der Waals surface area contributed by atoms with Gasteiger partial charge >= 0.3 is 0 Å². The Hall–Kier alpha value is -1.20. The van der Waals surface area contributed by atoms with Crippen LogP contribution in [0.3, 0.4) is 0 Å². The summed E-state index contributed by atoms with van der Waals surface area (Å²) in [5, 5.41) is 8.95. The standard InChI is InChI=1S/C16H23NO3S/c1-2-20-14-3-5-15(6-4-14)21-12-16(19)17-9-7-13(11-17)8-10-18/h3-6,13,18H,2,7-12H2,1H3. The van der Waals surface area contributed by atoms with Gasteiger partial charge in [0.25, 0.3) is 0 Å². The van der Waals surface area contributed by atoms with Crippen LogP contribution in [-0.2, 0) is 4.79 Å². The molecule has 1 fully saturated rings. The van der Waals surface area contributed by atoms with Gasteiger partial charge in [0.1, 0.15) is 5.75 Å². The monoisotopic (exact) mass is 309 g/mol. The van der Waals surface area contributed by atoms with Gasteiger partial charge in [0.05, 0.1) is 12.4 Å². The highest BCUT2D eigenvalue weighted by Gasteiger charge is 2.25. The maximum Gasteiger partial charge on any atom is 0.232 e. The molecule has 2 rings (SSSR count). The first-order chi connectivity index (χ1) is 10.2. The van der Waals surface area contributed by atoms with Crippen molar-refractivity contribution in [3.8, 4) is 5.75 Å². The molecule has 5 heteroatoms. The van der Waals surface area contributed by atoms with Gasteiger partial charge in [0.2, 0.25) is 5.91 Å². The number of ether oxygens (including phenoxy) is 1. The lowest BCUT2D eigenvalue weighted by molar-refractivity contribution is -0.127. The van der Waals surface area contributed by atoms with Crippen LogP contribution in [0.2, 0.25) is 0 Å². The molecule has 1 aromatic carbocycles. The smallest absolute Gasteiger partial charge is 0.232 e. The van der Waals surface area contributed by atoms with Crippen LogP contribution in [0.25, 0.3) is 0 Å². The van der Waals surface area contributed by atoms with E-state index in [4.69, 9.17) is 9.84 Å². The normalized spacial score (nSPS) is 18.0. The van der Waals surface area contributed by atoms with Crippen LogP contribution in [0.15, 0.2) is 29.2 Å². The molecule has 0 radical (unpaired) electrons. The molecule has 1 heterocycles. The third kappa shape index (κ3) is 4.93. The van der Waals surface area contributed by atoms with Gasteiger partial charge in [-0.05, 0) is 49.9 Å². The maximum atomic E-state index is 12.2. The van der Waals surface area contributed by atoms with Crippen molar-refractivity contribution < 1.29 is 14.6 Å². The summed E-state index contributed by atoms with van der Waals surface area (Å²) in [6.45, 7) is 4.46. The zero-order valence-corrected chi connectivity index (χ0v) is 13.3. The van der Waals surface area contributed by atoms with E-state index in [2.05, 4.69) is 0 Å². The van der Waals surface area contributed by atoms with Crippen molar-refractivity contribution >= 4 is 17.7 Å². The summed E-state index contributed by atoms with van der Waals surface area (Å²) in [5.74, 6) is 1.99. The molecule has 1 aromatic rings. The highest BCUT2D eigenvalue weighted by molar-refractivity contribution is 8.00. The molecule has 0 spiro atoms.